The van der Waals surface area contributed by atoms with Gasteiger partial charge in [0.05, 0.1) is 10.9 Å². The number of benzene rings is 2. The zero-order valence-corrected chi connectivity index (χ0v) is 17.6. The van der Waals surface area contributed by atoms with E-state index in [1.807, 2.05) is 50.2 Å². The summed E-state index contributed by atoms with van der Waals surface area (Å²) in [6.07, 6.45) is 0. The van der Waals surface area contributed by atoms with E-state index in [0.717, 1.165) is 33.8 Å². The second-order valence-electron chi connectivity index (χ2n) is 6.61. The van der Waals surface area contributed by atoms with Crippen LogP contribution in [-0.4, -0.2) is 14.7 Å². The number of rotatable bonds is 3. The lowest BCUT2D eigenvalue weighted by Gasteiger charge is -2.14. The van der Waals surface area contributed by atoms with Gasteiger partial charge in [0.2, 0.25) is 5.88 Å². The number of hydrogen-bond acceptors (Lipinski definition) is 2. The third-order valence-electron chi connectivity index (χ3n) is 4.97. The Hall–Kier alpha value is -2.20. The fourth-order valence-corrected chi connectivity index (χ4v) is 4.47. The first kappa shape index (κ1) is 19.1. The van der Waals surface area contributed by atoms with Crippen LogP contribution >= 0.6 is 34.8 Å². The van der Waals surface area contributed by atoms with E-state index in [-0.39, 0.29) is 11.8 Å². The molecule has 2 heterocycles. The van der Waals surface area contributed by atoms with Crippen LogP contribution in [0.5, 0.6) is 5.88 Å². The largest absolute Gasteiger partial charge is 0.494 e. The molecular formula is C22H17Cl3N2O. The van der Waals surface area contributed by atoms with Crippen molar-refractivity contribution in [1.29, 1.82) is 0 Å². The van der Waals surface area contributed by atoms with E-state index in [1.165, 1.54) is 0 Å². The number of alkyl halides is 1. The average Bonchev–Trinajstić information content (AvgIpc) is 2.92. The van der Waals surface area contributed by atoms with E-state index < -0.39 is 0 Å². The zero-order valence-electron chi connectivity index (χ0n) is 15.3. The maximum absolute atomic E-state index is 11.2. The maximum atomic E-state index is 11.2. The van der Waals surface area contributed by atoms with Crippen molar-refractivity contribution in [3.63, 3.8) is 0 Å². The van der Waals surface area contributed by atoms with Gasteiger partial charge in [-0.15, -0.1) is 11.6 Å². The summed E-state index contributed by atoms with van der Waals surface area (Å²) in [5.74, 6) is 0.358. The van der Waals surface area contributed by atoms with Crippen molar-refractivity contribution in [2.75, 3.05) is 0 Å². The van der Waals surface area contributed by atoms with Crippen molar-refractivity contribution >= 4 is 45.7 Å². The molecule has 0 radical (unpaired) electrons. The van der Waals surface area contributed by atoms with E-state index in [4.69, 9.17) is 39.8 Å². The molecule has 0 fully saturated rings. The molecule has 0 saturated carbocycles. The van der Waals surface area contributed by atoms with Crippen molar-refractivity contribution in [2.45, 2.75) is 19.7 Å². The van der Waals surface area contributed by atoms with Gasteiger partial charge in [-0.1, -0.05) is 47.5 Å². The Morgan fingerprint density at radius 1 is 1.04 bits per heavy atom. The van der Waals surface area contributed by atoms with Gasteiger partial charge in [0.15, 0.2) is 0 Å². The highest BCUT2D eigenvalue weighted by Crippen LogP contribution is 2.44. The number of hydrogen-bond donors (Lipinski definition) is 1. The molecule has 142 valence electrons. The van der Waals surface area contributed by atoms with E-state index >= 15 is 0 Å². The monoisotopic (exact) mass is 430 g/mol. The zero-order chi connectivity index (χ0) is 20.0. The minimum Gasteiger partial charge on any atom is -0.494 e. The molecule has 3 nitrogen and oxygen atoms in total. The molecule has 1 N–H and O–H groups in total. The second-order valence-corrected chi connectivity index (χ2v) is 7.72. The number of fused-ring (bicyclic) bond motifs is 1. The first-order chi connectivity index (χ1) is 13.4. The Morgan fingerprint density at radius 3 is 2.39 bits per heavy atom. The van der Waals surface area contributed by atoms with Gasteiger partial charge in [0.1, 0.15) is 0 Å². The van der Waals surface area contributed by atoms with Gasteiger partial charge in [0.25, 0.3) is 0 Å². The molecule has 6 heteroatoms. The number of aromatic nitrogens is 2. The third-order valence-corrected chi connectivity index (χ3v) is 5.78. The van der Waals surface area contributed by atoms with Crippen LogP contribution in [0.15, 0.2) is 48.5 Å². The summed E-state index contributed by atoms with van der Waals surface area (Å²) in [5, 5.41) is 12.9. The van der Waals surface area contributed by atoms with E-state index in [2.05, 4.69) is 0 Å². The molecule has 0 amide bonds. The van der Waals surface area contributed by atoms with Crippen molar-refractivity contribution in [3.8, 4) is 22.7 Å². The molecule has 0 spiro atoms. The highest BCUT2D eigenvalue weighted by Gasteiger charge is 2.24. The van der Waals surface area contributed by atoms with Gasteiger partial charge in [-0.05, 0) is 43.7 Å². The molecule has 4 rings (SSSR count). The first-order valence-electron chi connectivity index (χ1n) is 8.74. The van der Waals surface area contributed by atoms with Gasteiger partial charge in [-0.2, -0.15) is 0 Å². The fourth-order valence-electron chi connectivity index (χ4n) is 3.64. The number of aryl methyl sites for hydroxylation is 2. The molecule has 0 atom stereocenters. The van der Waals surface area contributed by atoms with Crippen LogP contribution in [0, 0.1) is 13.8 Å². The van der Waals surface area contributed by atoms with Crippen molar-refractivity contribution < 1.29 is 5.11 Å². The molecule has 0 bridgehead atoms. The van der Waals surface area contributed by atoms with E-state index in [1.54, 1.807) is 16.7 Å². The van der Waals surface area contributed by atoms with Crippen LogP contribution < -0.4 is 0 Å². The number of halogens is 3. The van der Waals surface area contributed by atoms with Crippen LogP contribution in [0.2, 0.25) is 10.0 Å². The number of pyridine rings is 1. The van der Waals surface area contributed by atoms with Gasteiger partial charge in [-0.25, -0.2) is 0 Å². The lowest BCUT2D eigenvalue weighted by Crippen LogP contribution is -1.97. The average molecular weight is 432 g/mol. The minimum atomic E-state index is 0.110. The summed E-state index contributed by atoms with van der Waals surface area (Å²) in [6, 6.07) is 15.0. The Balaban J connectivity index is 2.17. The van der Waals surface area contributed by atoms with E-state index in [9.17, 15) is 5.11 Å². The Morgan fingerprint density at radius 2 is 1.75 bits per heavy atom. The first-order valence-corrected chi connectivity index (χ1v) is 10.0. The van der Waals surface area contributed by atoms with Crippen molar-refractivity contribution in [1.82, 2.24) is 9.55 Å². The molecule has 0 unspecified atom stereocenters. The number of para-hydroxylation sites is 1. The molecular weight excluding hydrogens is 415 g/mol. The molecule has 0 aliphatic heterocycles. The molecule has 0 aliphatic carbocycles. The normalized spacial score (nSPS) is 11.3. The summed E-state index contributed by atoms with van der Waals surface area (Å²) in [4.78, 5) is 4.75. The summed E-state index contributed by atoms with van der Waals surface area (Å²) in [7, 11) is 0. The molecule has 28 heavy (non-hydrogen) atoms. The SMILES string of the molecule is Cc1nc2c(C)n(-c3ccccc3)c(O)c2c(-c2ccc(Cl)cc2Cl)c1CCl. The van der Waals surface area contributed by atoms with Crippen LogP contribution in [-0.2, 0) is 5.88 Å². The standard InChI is InChI=1S/C22H17Cl3N2O/c1-12-17(11-23)19(16-9-8-14(24)10-18(16)25)20-21(26-12)13(2)27(22(20)28)15-6-4-3-5-7-15/h3-10,28H,11H2,1-2H3. The predicted molar refractivity (Wildman–Crippen MR) is 117 cm³/mol. The van der Waals surface area contributed by atoms with Crippen LogP contribution in [0.3, 0.4) is 0 Å². The lowest BCUT2D eigenvalue weighted by atomic mass is 9.96. The molecule has 2 aromatic heterocycles. The smallest absolute Gasteiger partial charge is 0.206 e. The second kappa shape index (κ2) is 7.32. The van der Waals surface area contributed by atoms with Crippen LogP contribution in [0.4, 0.5) is 0 Å². The molecule has 0 aliphatic rings. The minimum absolute atomic E-state index is 0.110. The number of nitrogens with zero attached hydrogens (tertiary/aromatic N) is 2. The number of aromatic hydroxyl groups is 1. The fraction of sp³-hybridized carbons (Fsp3) is 0.136. The Labute approximate surface area is 178 Å². The predicted octanol–water partition coefficient (Wildman–Crippen LogP) is 7.06. The molecule has 4 aromatic rings. The molecule has 0 saturated heterocycles. The Bertz CT molecular complexity index is 1200. The summed E-state index contributed by atoms with van der Waals surface area (Å²) in [5.41, 5.74) is 5.60. The summed E-state index contributed by atoms with van der Waals surface area (Å²) >= 11 is 18.9. The molecule has 2 aromatic carbocycles. The van der Waals surface area contributed by atoms with Gasteiger partial charge in [0, 0.05) is 44.1 Å². The summed E-state index contributed by atoms with van der Waals surface area (Å²) < 4.78 is 1.79. The maximum Gasteiger partial charge on any atom is 0.206 e. The van der Waals surface area contributed by atoms with Crippen LogP contribution in [0.1, 0.15) is 17.0 Å². The van der Waals surface area contributed by atoms with Crippen LogP contribution in [0.25, 0.3) is 27.7 Å². The van der Waals surface area contributed by atoms with Crippen molar-refractivity contribution in [2.24, 2.45) is 0 Å². The summed E-state index contributed by atoms with van der Waals surface area (Å²) in [6.45, 7) is 3.86. The highest BCUT2D eigenvalue weighted by atomic mass is 35.5. The quantitative estimate of drug-likeness (QED) is 0.353. The van der Waals surface area contributed by atoms with Crippen molar-refractivity contribution in [3.05, 3.63) is 75.5 Å². The lowest BCUT2D eigenvalue weighted by molar-refractivity contribution is 0.447. The topological polar surface area (TPSA) is 38.0 Å². The Kier molecular flexibility index (Phi) is 5.00. The highest BCUT2D eigenvalue weighted by molar-refractivity contribution is 6.37. The van der Waals surface area contributed by atoms with Gasteiger partial charge < -0.3 is 5.11 Å². The van der Waals surface area contributed by atoms with Gasteiger partial charge in [-0.3, -0.25) is 9.55 Å². The van der Waals surface area contributed by atoms with E-state index in [0.29, 0.717) is 20.9 Å². The van der Waals surface area contributed by atoms with Gasteiger partial charge >= 0.3 is 0 Å². The third kappa shape index (κ3) is 2.95.